The van der Waals surface area contributed by atoms with E-state index in [4.69, 9.17) is 36.8 Å². The van der Waals surface area contributed by atoms with E-state index in [1.807, 2.05) is 0 Å². The van der Waals surface area contributed by atoms with Gasteiger partial charge in [0.05, 0.1) is 7.82 Å². The Hall–Kier alpha value is 0.860. The van der Waals surface area contributed by atoms with E-state index in [0.29, 0.717) is 0 Å². The largest absolute Gasteiger partial charge is 1.00 e. The molecule has 11 nitrogen and oxygen atoms in total. The van der Waals surface area contributed by atoms with Gasteiger partial charge in [-0.1, -0.05) is 0 Å². The molecule has 0 unspecified atom stereocenters. The predicted octanol–water partition coefficient (Wildman–Crippen LogP) is -5.27. The molecule has 0 heterocycles. The van der Waals surface area contributed by atoms with Gasteiger partial charge in [-0.3, -0.25) is 9.11 Å². The van der Waals surface area contributed by atoms with E-state index < -0.39 is 18.2 Å². The summed E-state index contributed by atoms with van der Waals surface area (Å²) in [7, 11) is -9.81. The summed E-state index contributed by atoms with van der Waals surface area (Å²) >= 11 is 0. The maximum Gasteiger partial charge on any atom is 1.00 e. The molecule has 12 N–H and O–H groups in total. The first kappa shape index (κ1) is 36.4. The molecule has 0 aromatic carbocycles. The van der Waals surface area contributed by atoms with Crippen LogP contribution in [-0.2, 0) is 15.0 Å². The van der Waals surface area contributed by atoms with E-state index >= 15 is 0 Å². The van der Waals surface area contributed by atoms with Crippen molar-refractivity contribution in [3.8, 4) is 0 Å². The molecular weight excluding hydrogens is 258 g/mol. The molecule has 0 aliphatic rings. The normalized spacial score (nSPS) is 8.36. The topological polar surface area (TPSA) is 261 Å². The summed E-state index contributed by atoms with van der Waals surface area (Å²) in [5.41, 5.74) is 0. The van der Waals surface area contributed by atoms with Crippen molar-refractivity contribution in [2.24, 2.45) is 0 Å². The first-order valence-corrected chi connectivity index (χ1v) is 4.34. The van der Waals surface area contributed by atoms with Crippen LogP contribution in [-0.4, -0.2) is 27.9 Å². The second kappa shape index (κ2) is 13.9. The fourth-order valence-corrected chi connectivity index (χ4v) is 0. The minimum Gasteiger partial charge on any atom is -0.870 e. The number of phosphoric acid groups is 1. The molecule has 0 rings (SSSR count). The van der Waals surface area contributed by atoms with Gasteiger partial charge in [0.1, 0.15) is 0 Å². The molecule has 14 heteroatoms. The molecule has 14 heavy (non-hydrogen) atoms. The van der Waals surface area contributed by atoms with E-state index in [2.05, 4.69) is 0 Å². The Labute approximate surface area is 102 Å². The molecule has 0 spiro atoms. The SMILES string of the molecule is O=P([O-])([O-])O.O=S(=O)(O)O.[NH4+].[NH4+].[Na+].[OH-]. The number of rotatable bonds is 0. The summed E-state index contributed by atoms with van der Waals surface area (Å²) in [6, 6.07) is 0. The Morgan fingerprint density at radius 1 is 1.07 bits per heavy atom. The summed E-state index contributed by atoms with van der Waals surface area (Å²) in [4.78, 5) is 24.3. The average Bonchev–Trinajstić information content (AvgIpc) is 1.12. The van der Waals surface area contributed by atoms with Gasteiger partial charge >= 0.3 is 40.0 Å². The Morgan fingerprint density at radius 3 is 1.07 bits per heavy atom. The van der Waals surface area contributed by atoms with E-state index in [-0.39, 0.29) is 47.3 Å². The van der Waals surface area contributed by atoms with Crippen LogP contribution in [0.2, 0.25) is 0 Å². The van der Waals surface area contributed by atoms with Crippen molar-refractivity contribution < 1.29 is 71.8 Å². The van der Waals surface area contributed by atoms with Gasteiger partial charge in [0.2, 0.25) is 0 Å². The zero-order valence-electron chi connectivity index (χ0n) is 7.69. The molecule has 0 amide bonds. The van der Waals surface area contributed by atoms with Gasteiger partial charge in [0.15, 0.2) is 0 Å². The Morgan fingerprint density at radius 2 is 1.07 bits per heavy atom. The van der Waals surface area contributed by atoms with Crippen LogP contribution in [0.1, 0.15) is 0 Å². The van der Waals surface area contributed by atoms with Crippen LogP contribution < -0.4 is 51.6 Å². The van der Waals surface area contributed by atoms with E-state index in [1.165, 1.54) is 0 Å². The van der Waals surface area contributed by atoms with Crippen molar-refractivity contribution in [1.29, 1.82) is 0 Å². The van der Waals surface area contributed by atoms with Crippen LogP contribution in [0.3, 0.4) is 0 Å². The maximum absolute atomic E-state index is 8.74. The van der Waals surface area contributed by atoms with Crippen molar-refractivity contribution >= 4 is 18.2 Å². The fraction of sp³-hybridized carbons (Fsp3) is 0. The minimum absolute atomic E-state index is 0. The van der Waals surface area contributed by atoms with E-state index in [9.17, 15) is 0 Å². The third-order valence-corrected chi connectivity index (χ3v) is 0. The smallest absolute Gasteiger partial charge is 0.870 e. The Kier molecular flexibility index (Phi) is 36.0. The van der Waals surface area contributed by atoms with Gasteiger partial charge in [0, 0.05) is 0 Å². The predicted molar refractivity (Wildman–Crippen MR) is 37.9 cm³/mol. The van der Waals surface area contributed by atoms with Crippen molar-refractivity contribution in [1.82, 2.24) is 12.3 Å². The van der Waals surface area contributed by atoms with Crippen LogP contribution in [0.4, 0.5) is 0 Å². The maximum atomic E-state index is 8.74. The molecule has 0 aromatic heterocycles. The molecular formula is H12N2NaO9PS. The molecule has 88 valence electrons. The average molecular weight is 270 g/mol. The summed E-state index contributed by atoms with van der Waals surface area (Å²) in [5, 5.41) is 0. The van der Waals surface area contributed by atoms with Crippen LogP contribution in [0.15, 0.2) is 0 Å². The molecule has 0 aliphatic carbocycles. The summed E-state index contributed by atoms with van der Waals surface area (Å²) < 4.78 is 40.2. The monoisotopic (exact) mass is 270 g/mol. The summed E-state index contributed by atoms with van der Waals surface area (Å²) in [5.74, 6) is 0. The van der Waals surface area contributed by atoms with Gasteiger partial charge in [-0.05, 0) is 0 Å². The van der Waals surface area contributed by atoms with Crippen LogP contribution in [0.5, 0.6) is 0 Å². The van der Waals surface area contributed by atoms with E-state index in [1.54, 1.807) is 0 Å². The first-order valence-electron chi connectivity index (χ1n) is 1.45. The van der Waals surface area contributed by atoms with Gasteiger partial charge in [-0.15, -0.1) is 0 Å². The van der Waals surface area contributed by atoms with Gasteiger partial charge in [-0.2, -0.15) is 8.42 Å². The van der Waals surface area contributed by atoms with Crippen LogP contribution >= 0.6 is 7.82 Å². The Balaban J connectivity index is -0.0000000178. The molecule has 0 saturated carbocycles. The van der Waals surface area contributed by atoms with Crippen molar-refractivity contribution in [3.63, 3.8) is 0 Å². The van der Waals surface area contributed by atoms with Gasteiger partial charge < -0.3 is 37.0 Å². The molecule has 0 saturated heterocycles. The summed E-state index contributed by atoms with van der Waals surface area (Å²) in [6.45, 7) is 0. The van der Waals surface area contributed by atoms with Crippen molar-refractivity contribution in [2.45, 2.75) is 0 Å². The zero-order valence-corrected chi connectivity index (χ0v) is 11.4. The molecule has 0 fully saturated rings. The molecule has 0 bridgehead atoms. The fourth-order valence-electron chi connectivity index (χ4n) is 0. The van der Waals surface area contributed by atoms with Crippen LogP contribution in [0.25, 0.3) is 0 Å². The third-order valence-electron chi connectivity index (χ3n) is 0. The standard InChI is InChI=1S/2H3N.Na.H3O4P.H2O4S.H2O/c;;;2*1-5(2,3)4;/h2*1H3;;(H3,1,2,3,4);(H2,1,2,3,4);1H2/q;;+1;;;/p-1. The number of hydrogen-bond acceptors (Lipinski definition) is 6. The second-order valence-electron chi connectivity index (χ2n) is 0.916. The van der Waals surface area contributed by atoms with Crippen LogP contribution in [0, 0.1) is 0 Å². The number of quaternary nitrogens is 2. The van der Waals surface area contributed by atoms with Crippen molar-refractivity contribution in [3.05, 3.63) is 0 Å². The minimum atomic E-state index is -5.14. The first-order chi connectivity index (χ1) is 4.00. The number of hydrogen-bond donors (Lipinski definition) is 5. The van der Waals surface area contributed by atoms with Gasteiger partial charge in [-0.25, -0.2) is 0 Å². The quantitative estimate of drug-likeness (QED) is 0.159. The zero-order chi connectivity index (χ0) is 9.00. The van der Waals surface area contributed by atoms with Gasteiger partial charge in [0.25, 0.3) is 0 Å². The third kappa shape index (κ3) is 2450. The molecule has 0 aliphatic heterocycles. The second-order valence-corrected chi connectivity index (χ2v) is 2.75. The molecule has 0 aromatic rings. The van der Waals surface area contributed by atoms with Crippen molar-refractivity contribution in [2.75, 3.05) is 0 Å². The molecule has 0 atom stereocenters. The molecule has 0 radical (unpaired) electrons. The van der Waals surface area contributed by atoms with E-state index in [0.717, 1.165) is 0 Å². The summed E-state index contributed by atoms with van der Waals surface area (Å²) in [6.07, 6.45) is 0. The Bertz CT molecular complexity index is 201.